The predicted molar refractivity (Wildman–Crippen MR) is 93.7 cm³/mol. The molecule has 6 heteroatoms. The molecule has 1 atom stereocenters. The van der Waals surface area contributed by atoms with Crippen molar-refractivity contribution in [1.29, 1.82) is 0 Å². The Morgan fingerprint density at radius 1 is 1.08 bits per heavy atom. The second-order valence-electron chi connectivity index (χ2n) is 5.58. The van der Waals surface area contributed by atoms with E-state index >= 15 is 0 Å². The summed E-state index contributed by atoms with van der Waals surface area (Å²) in [5.74, 6) is 0.689. The largest absolute Gasteiger partial charge is 0.365 e. The van der Waals surface area contributed by atoms with Gasteiger partial charge in [-0.1, -0.05) is 36.4 Å². The lowest BCUT2D eigenvalue weighted by Gasteiger charge is -2.15. The molecule has 24 heavy (non-hydrogen) atoms. The van der Waals surface area contributed by atoms with Crippen LogP contribution in [0.4, 0.5) is 5.82 Å². The quantitative estimate of drug-likeness (QED) is 0.773. The summed E-state index contributed by atoms with van der Waals surface area (Å²) in [5, 5.41) is 3.14. The Kier molecular flexibility index (Phi) is 4.29. The van der Waals surface area contributed by atoms with Gasteiger partial charge in [-0.05, 0) is 31.5 Å². The van der Waals surface area contributed by atoms with E-state index in [1.165, 1.54) is 6.07 Å². The average Bonchev–Trinajstić information content (AvgIpc) is 2.55. The third kappa shape index (κ3) is 3.27. The van der Waals surface area contributed by atoms with Gasteiger partial charge in [-0.25, -0.2) is 14.3 Å². The van der Waals surface area contributed by atoms with E-state index in [4.69, 9.17) is 0 Å². The van der Waals surface area contributed by atoms with Crippen LogP contribution in [0.2, 0.25) is 0 Å². The maximum absolute atomic E-state index is 12.4. The molecular formula is C18H18N4O2. The van der Waals surface area contributed by atoms with Gasteiger partial charge in [0.2, 0.25) is 0 Å². The zero-order valence-electron chi connectivity index (χ0n) is 13.5. The van der Waals surface area contributed by atoms with E-state index in [1.807, 2.05) is 37.3 Å². The van der Waals surface area contributed by atoms with E-state index in [0.717, 1.165) is 15.8 Å². The fourth-order valence-corrected chi connectivity index (χ4v) is 2.50. The third-order valence-corrected chi connectivity index (χ3v) is 3.71. The molecule has 0 saturated heterocycles. The van der Waals surface area contributed by atoms with Crippen molar-refractivity contribution in [3.63, 3.8) is 0 Å². The minimum absolute atomic E-state index is 0.0470. The highest BCUT2D eigenvalue weighted by Crippen LogP contribution is 2.15. The number of anilines is 1. The predicted octanol–water partition coefficient (Wildman–Crippen LogP) is 2.40. The number of H-pyrrole nitrogens is 1. The summed E-state index contributed by atoms with van der Waals surface area (Å²) in [6.45, 7) is 3.77. The Hall–Kier alpha value is -3.15. The number of pyridine rings is 1. The molecule has 0 saturated carbocycles. The third-order valence-electron chi connectivity index (χ3n) is 3.71. The molecule has 2 aromatic heterocycles. The molecule has 0 fully saturated rings. The second kappa shape index (κ2) is 6.54. The van der Waals surface area contributed by atoms with Crippen LogP contribution >= 0.6 is 0 Å². The molecule has 0 amide bonds. The van der Waals surface area contributed by atoms with Crippen molar-refractivity contribution in [2.24, 2.45) is 0 Å². The Labute approximate surface area is 138 Å². The summed E-state index contributed by atoms with van der Waals surface area (Å²) in [5.41, 5.74) is 0.838. The van der Waals surface area contributed by atoms with Crippen LogP contribution in [-0.2, 0) is 0 Å². The molecule has 0 radical (unpaired) electrons. The van der Waals surface area contributed by atoms with Crippen LogP contribution in [0.3, 0.4) is 0 Å². The van der Waals surface area contributed by atoms with E-state index in [1.54, 1.807) is 25.1 Å². The monoisotopic (exact) mass is 322 g/mol. The number of benzene rings is 1. The number of hydrogen-bond donors (Lipinski definition) is 2. The number of aryl methyl sites for hydroxylation is 1. The molecule has 0 aliphatic heterocycles. The molecule has 122 valence electrons. The van der Waals surface area contributed by atoms with Crippen LogP contribution in [0.15, 0.2) is 64.2 Å². The molecule has 0 bridgehead atoms. The maximum Gasteiger partial charge on any atom is 0.335 e. The Balaban J connectivity index is 1.93. The highest BCUT2D eigenvalue weighted by molar-refractivity contribution is 5.38. The molecule has 0 spiro atoms. The van der Waals surface area contributed by atoms with Crippen molar-refractivity contribution in [3.05, 3.63) is 86.7 Å². The zero-order chi connectivity index (χ0) is 17.1. The molecule has 3 aromatic rings. The van der Waals surface area contributed by atoms with Crippen LogP contribution in [0.1, 0.15) is 24.2 Å². The first-order valence-electron chi connectivity index (χ1n) is 7.66. The summed E-state index contributed by atoms with van der Waals surface area (Å²) in [7, 11) is 0. The number of nitrogens with zero attached hydrogens (tertiary/aromatic N) is 2. The van der Waals surface area contributed by atoms with Crippen molar-refractivity contribution in [3.8, 4) is 5.82 Å². The average molecular weight is 322 g/mol. The summed E-state index contributed by atoms with van der Waals surface area (Å²) in [6.07, 6.45) is 0. The topological polar surface area (TPSA) is 79.8 Å². The van der Waals surface area contributed by atoms with E-state index in [2.05, 4.69) is 15.3 Å². The first-order chi connectivity index (χ1) is 11.5. The highest BCUT2D eigenvalue weighted by Gasteiger charge is 2.10. The van der Waals surface area contributed by atoms with Crippen molar-refractivity contribution < 1.29 is 0 Å². The van der Waals surface area contributed by atoms with Crippen molar-refractivity contribution >= 4 is 5.82 Å². The van der Waals surface area contributed by atoms with E-state index in [0.29, 0.717) is 11.6 Å². The van der Waals surface area contributed by atoms with Gasteiger partial charge in [-0.15, -0.1) is 0 Å². The number of aromatic nitrogens is 3. The molecule has 6 nitrogen and oxygen atoms in total. The van der Waals surface area contributed by atoms with Gasteiger partial charge in [0.15, 0.2) is 0 Å². The van der Waals surface area contributed by atoms with Gasteiger partial charge < -0.3 is 5.32 Å². The number of hydrogen-bond acceptors (Lipinski definition) is 4. The van der Waals surface area contributed by atoms with Gasteiger partial charge in [0.05, 0.1) is 0 Å². The summed E-state index contributed by atoms with van der Waals surface area (Å²) >= 11 is 0. The summed E-state index contributed by atoms with van der Waals surface area (Å²) in [4.78, 5) is 31.6. The molecule has 2 heterocycles. The Bertz CT molecular complexity index is 929. The highest BCUT2D eigenvalue weighted by atomic mass is 16.2. The van der Waals surface area contributed by atoms with Gasteiger partial charge in [0, 0.05) is 17.8 Å². The lowest BCUT2D eigenvalue weighted by Crippen LogP contribution is -2.34. The number of rotatable bonds is 4. The fourth-order valence-electron chi connectivity index (χ4n) is 2.50. The lowest BCUT2D eigenvalue weighted by atomic mass is 10.1. The smallest absolute Gasteiger partial charge is 0.335 e. The van der Waals surface area contributed by atoms with Gasteiger partial charge in [-0.2, -0.15) is 0 Å². The van der Waals surface area contributed by atoms with E-state index < -0.39 is 11.2 Å². The van der Waals surface area contributed by atoms with Crippen molar-refractivity contribution in [2.45, 2.75) is 19.9 Å². The van der Waals surface area contributed by atoms with Crippen LogP contribution in [0.25, 0.3) is 5.82 Å². The second-order valence-corrected chi connectivity index (χ2v) is 5.58. The standard InChI is InChI=1S/C18H18N4O2/c1-12-7-6-10-16(19-12)22-17(23)11-15(21-18(22)24)20-13(2)14-8-4-3-5-9-14/h3-11,13,20H,1-2H3,(H,21,24)/t13-/m0/s1. The van der Waals surface area contributed by atoms with Crippen molar-refractivity contribution in [2.75, 3.05) is 5.32 Å². The van der Waals surface area contributed by atoms with E-state index in [-0.39, 0.29) is 6.04 Å². The Morgan fingerprint density at radius 3 is 2.50 bits per heavy atom. The molecular weight excluding hydrogens is 304 g/mol. The molecule has 2 N–H and O–H groups in total. The van der Waals surface area contributed by atoms with Crippen LogP contribution in [-0.4, -0.2) is 14.5 Å². The van der Waals surface area contributed by atoms with Gasteiger partial charge in [0.1, 0.15) is 11.6 Å². The first-order valence-corrected chi connectivity index (χ1v) is 7.66. The first kappa shape index (κ1) is 15.7. The van der Waals surface area contributed by atoms with Gasteiger partial charge in [-0.3, -0.25) is 9.78 Å². The summed E-state index contributed by atoms with van der Waals surface area (Å²) < 4.78 is 1.02. The minimum Gasteiger partial charge on any atom is -0.365 e. The Morgan fingerprint density at radius 2 is 1.83 bits per heavy atom. The number of aromatic amines is 1. The SMILES string of the molecule is Cc1cccc(-n2c(=O)cc(N[C@@H](C)c3ccccc3)[nH]c2=O)n1. The zero-order valence-corrected chi connectivity index (χ0v) is 13.5. The molecule has 0 aliphatic rings. The molecule has 3 rings (SSSR count). The minimum atomic E-state index is -0.525. The molecule has 0 unspecified atom stereocenters. The van der Waals surface area contributed by atoms with E-state index in [9.17, 15) is 9.59 Å². The van der Waals surface area contributed by atoms with Crippen LogP contribution in [0, 0.1) is 6.92 Å². The maximum atomic E-state index is 12.4. The lowest BCUT2D eigenvalue weighted by molar-refractivity contribution is 0.819. The van der Waals surface area contributed by atoms with Crippen LogP contribution in [0.5, 0.6) is 0 Å². The molecule has 1 aromatic carbocycles. The summed E-state index contributed by atoms with van der Waals surface area (Å²) in [6, 6.07) is 16.3. The number of nitrogens with one attached hydrogen (secondary N) is 2. The van der Waals surface area contributed by atoms with Crippen LogP contribution < -0.4 is 16.6 Å². The van der Waals surface area contributed by atoms with Gasteiger partial charge >= 0.3 is 5.69 Å². The van der Waals surface area contributed by atoms with Gasteiger partial charge in [0.25, 0.3) is 5.56 Å². The molecule has 0 aliphatic carbocycles. The normalized spacial score (nSPS) is 11.9. The van der Waals surface area contributed by atoms with Crippen molar-refractivity contribution in [1.82, 2.24) is 14.5 Å². The fraction of sp³-hybridized carbons (Fsp3) is 0.167.